The van der Waals surface area contributed by atoms with Crippen molar-refractivity contribution in [2.24, 2.45) is 5.10 Å². The van der Waals surface area contributed by atoms with Gasteiger partial charge in [0.05, 0.1) is 31.9 Å². The average Bonchev–Trinajstić information content (AvgIpc) is 2.87. The van der Waals surface area contributed by atoms with E-state index in [9.17, 15) is 13.2 Å². The second-order valence-electron chi connectivity index (χ2n) is 7.29. The molecule has 0 aliphatic heterocycles. The minimum atomic E-state index is -3.87. The van der Waals surface area contributed by atoms with E-state index in [2.05, 4.69) is 10.5 Å². The van der Waals surface area contributed by atoms with Crippen molar-refractivity contribution in [3.05, 3.63) is 90.0 Å². The molecule has 0 fully saturated rings. The van der Waals surface area contributed by atoms with E-state index < -0.39 is 15.9 Å². The van der Waals surface area contributed by atoms with Crippen LogP contribution in [0.4, 0.5) is 0 Å². The van der Waals surface area contributed by atoms with E-state index in [4.69, 9.17) is 9.47 Å². The maximum absolute atomic E-state index is 13.2. The third-order valence-electron chi connectivity index (χ3n) is 5.00. The Balaban J connectivity index is 1.71. The predicted molar refractivity (Wildman–Crippen MR) is 131 cm³/mol. The fourth-order valence-electron chi connectivity index (χ4n) is 3.23. The van der Waals surface area contributed by atoms with E-state index >= 15 is 0 Å². The number of hydrogen-bond donors (Lipinski definition) is 1. The lowest BCUT2D eigenvalue weighted by atomic mass is 10.1. The topological polar surface area (TPSA) is 97.3 Å². The zero-order valence-corrected chi connectivity index (χ0v) is 19.9. The molecular formula is C25H27N3O5S. The molecule has 0 aliphatic rings. The van der Waals surface area contributed by atoms with Crippen molar-refractivity contribution in [1.29, 1.82) is 0 Å². The number of nitrogens with zero attached hydrogens (tertiary/aromatic N) is 2. The molecule has 0 saturated carbocycles. The monoisotopic (exact) mass is 481 g/mol. The first-order valence-electron chi connectivity index (χ1n) is 10.6. The molecule has 0 saturated heterocycles. The number of nitrogens with one attached hydrogen (secondary N) is 1. The van der Waals surface area contributed by atoms with Gasteiger partial charge < -0.3 is 9.47 Å². The van der Waals surface area contributed by atoms with Gasteiger partial charge in [0.1, 0.15) is 0 Å². The molecule has 0 atom stereocenters. The number of hydrazone groups is 1. The zero-order valence-electron chi connectivity index (χ0n) is 19.0. The number of carbonyl (C=O) groups is 1. The summed E-state index contributed by atoms with van der Waals surface area (Å²) in [6, 6.07) is 22.8. The number of methoxy groups -OCH3 is 2. The number of carbonyl (C=O) groups excluding carboxylic acids is 1. The number of benzene rings is 3. The highest BCUT2D eigenvalue weighted by Crippen LogP contribution is 2.26. The Morgan fingerprint density at radius 1 is 0.941 bits per heavy atom. The van der Waals surface area contributed by atoms with Gasteiger partial charge in [-0.3, -0.25) is 4.79 Å². The minimum Gasteiger partial charge on any atom is -0.493 e. The summed E-state index contributed by atoms with van der Waals surface area (Å²) in [5.74, 6) is 0.548. The Morgan fingerprint density at radius 3 is 2.24 bits per heavy atom. The highest BCUT2D eigenvalue weighted by Gasteiger charge is 2.26. The number of rotatable bonds is 11. The summed E-state index contributed by atoms with van der Waals surface area (Å²) < 4.78 is 38.0. The summed E-state index contributed by atoms with van der Waals surface area (Å²) >= 11 is 0. The van der Waals surface area contributed by atoms with Gasteiger partial charge in [0.2, 0.25) is 10.0 Å². The molecule has 0 spiro atoms. The van der Waals surface area contributed by atoms with Gasteiger partial charge in [0, 0.05) is 6.54 Å². The van der Waals surface area contributed by atoms with Crippen molar-refractivity contribution in [3.8, 4) is 11.5 Å². The quantitative estimate of drug-likeness (QED) is 0.335. The number of ether oxygens (including phenoxy) is 2. The third kappa shape index (κ3) is 6.66. The van der Waals surface area contributed by atoms with Crippen LogP contribution in [0.1, 0.15) is 11.1 Å². The van der Waals surface area contributed by atoms with Gasteiger partial charge in [-0.25, -0.2) is 13.8 Å². The molecule has 9 heteroatoms. The van der Waals surface area contributed by atoms with Crippen molar-refractivity contribution in [1.82, 2.24) is 9.73 Å². The molecule has 0 unspecified atom stereocenters. The Hall–Kier alpha value is -3.69. The largest absolute Gasteiger partial charge is 0.493 e. The third-order valence-corrected chi connectivity index (χ3v) is 6.86. The Labute approximate surface area is 199 Å². The molecule has 0 heterocycles. The van der Waals surface area contributed by atoms with Crippen molar-refractivity contribution in [2.45, 2.75) is 11.3 Å². The molecule has 1 N–H and O–H groups in total. The molecule has 34 heavy (non-hydrogen) atoms. The molecule has 1 amide bonds. The lowest BCUT2D eigenvalue weighted by molar-refractivity contribution is -0.121. The van der Waals surface area contributed by atoms with Crippen molar-refractivity contribution in [3.63, 3.8) is 0 Å². The first-order valence-corrected chi connectivity index (χ1v) is 12.0. The first-order chi connectivity index (χ1) is 16.4. The van der Waals surface area contributed by atoms with Gasteiger partial charge in [-0.1, -0.05) is 48.5 Å². The van der Waals surface area contributed by atoms with E-state index in [0.29, 0.717) is 23.5 Å². The molecular weight excluding hydrogens is 454 g/mol. The molecule has 0 aliphatic carbocycles. The van der Waals surface area contributed by atoms with Crippen molar-refractivity contribution < 1.29 is 22.7 Å². The molecule has 178 valence electrons. The fraction of sp³-hybridized carbons (Fsp3) is 0.200. The number of hydrogen-bond acceptors (Lipinski definition) is 6. The SMILES string of the molecule is COc1ccc(/C=N\NC(=O)CN(CCc2ccccc2)S(=O)(=O)c2ccccc2)cc1OC. The second kappa shape index (κ2) is 12.0. The molecule has 0 radical (unpaired) electrons. The standard InChI is InChI=1S/C25H27N3O5S/c1-32-23-14-13-21(17-24(23)33-2)18-26-27-25(29)19-28(16-15-20-9-5-3-6-10-20)34(30,31)22-11-7-4-8-12-22/h3-14,17-18H,15-16,19H2,1-2H3,(H,27,29)/b26-18-. The van der Waals surface area contributed by atoms with Crippen LogP contribution in [0.15, 0.2) is 88.9 Å². The van der Waals surface area contributed by atoms with Gasteiger partial charge in [0.25, 0.3) is 5.91 Å². The van der Waals surface area contributed by atoms with Crippen LogP contribution in [-0.2, 0) is 21.2 Å². The molecule has 3 aromatic rings. The molecule has 0 bridgehead atoms. The normalized spacial score (nSPS) is 11.5. The van der Waals surface area contributed by atoms with Gasteiger partial charge in [0.15, 0.2) is 11.5 Å². The maximum atomic E-state index is 13.2. The van der Waals surface area contributed by atoms with E-state index in [1.807, 2.05) is 30.3 Å². The summed E-state index contributed by atoms with van der Waals surface area (Å²) in [6.45, 7) is -0.221. The Morgan fingerprint density at radius 2 is 1.59 bits per heavy atom. The summed E-state index contributed by atoms with van der Waals surface area (Å²) in [7, 11) is -0.804. The van der Waals surface area contributed by atoms with Crippen molar-refractivity contribution >= 4 is 22.1 Å². The Bertz CT molecular complexity index is 1220. The van der Waals surface area contributed by atoms with Crippen LogP contribution in [0.3, 0.4) is 0 Å². The minimum absolute atomic E-state index is 0.129. The lowest BCUT2D eigenvalue weighted by Gasteiger charge is -2.21. The van der Waals surface area contributed by atoms with Crippen LogP contribution in [-0.4, -0.2) is 52.2 Å². The van der Waals surface area contributed by atoms with Crippen LogP contribution >= 0.6 is 0 Å². The molecule has 8 nitrogen and oxygen atoms in total. The zero-order chi connectivity index (χ0) is 24.4. The number of amides is 1. The van der Waals surface area contributed by atoms with E-state index in [0.717, 1.165) is 9.87 Å². The molecule has 3 aromatic carbocycles. The fourth-order valence-corrected chi connectivity index (χ4v) is 4.65. The lowest BCUT2D eigenvalue weighted by Crippen LogP contribution is -2.40. The Kier molecular flexibility index (Phi) is 8.78. The summed E-state index contributed by atoms with van der Waals surface area (Å²) in [5, 5.41) is 3.96. The highest BCUT2D eigenvalue weighted by molar-refractivity contribution is 7.89. The van der Waals surface area contributed by atoms with Gasteiger partial charge in [-0.15, -0.1) is 0 Å². The van der Waals surface area contributed by atoms with Gasteiger partial charge >= 0.3 is 0 Å². The van der Waals surface area contributed by atoms with Crippen LogP contribution < -0.4 is 14.9 Å². The summed E-state index contributed by atoms with van der Waals surface area (Å²) in [5.41, 5.74) is 4.05. The average molecular weight is 482 g/mol. The van der Waals surface area contributed by atoms with Crippen LogP contribution in [0.2, 0.25) is 0 Å². The van der Waals surface area contributed by atoms with Gasteiger partial charge in [-0.05, 0) is 47.9 Å². The van der Waals surface area contributed by atoms with Crippen LogP contribution in [0.5, 0.6) is 11.5 Å². The van der Waals surface area contributed by atoms with E-state index in [1.165, 1.54) is 25.5 Å². The van der Waals surface area contributed by atoms with Crippen LogP contribution in [0, 0.1) is 0 Å². The summed E-state index contributed by atoms with van der Waals surface area (Å²) in [4.78, 5) is 12.7. The van der Waals surface area contributed by atoms with E-state index in [1.54, 1.807) is 43.5 Å². The smallest absolute Gasteiger partial charge is 0.255 e. The maximum Gasteiger partial charge on any atom is 0.255 e. The molecule has 3 rings (SSSR count). The first kappa shape index (κ1) is 24.9. The van der Waals surface area contributed by atoms with Crippen molar-refractivity contribution in [2.75, 3.05) is 27.3 Å². The van der Waals surface area contributed by atoms with E-state index in [-0.39, 0.29) is 18.0 Å². The summed E-state index contributed by atoms with van der Waals surface area (Å²) in [6.07, 6.45) is 1.91. The predicted octanol–water partition coefficient (Wildman–Crippen LogP) is 3.09. The molecule has 0 aromatic heterocycles. The van der Waals surface area contributed by atoms with Gasteiger partial charge in [-0.2, -0.15) is 9.41 Å². The number of sulfonamides is 1. The van der Waals surface area contributed by atoms with Crippen LogP contribution in [0.25, 0.3) is 0 Å². The second-order valence-corrected chi connectivity index (χ2v) is 9.23. The highest BCUT2D eigenvalue weighted by atomic mass is 32.2.